The topological polar surface area (TPSA) is 105 Å². The van der Waals surface area contributed by atoms with E-state index >= 15 is 0 Å². The van der Waals surface area contributed by atoms with Crippen LogP contribution in [0.2, 0.25) is 0 Å². The van der Waals surface area contributed by atoms with Gasteiger partial charge in [-0.1, -0.05) is 0 Å². The molecular formula is C13H18O7. The maximum absolute atomic E-state index is 10.6. The van der Waals surface area contributed by atoms with Crippen LogP contribution in [0, 0.1) is 0 Å². The Labute approximate surface area is 116 Å². The van der Waals surface area contributed by atoms with E-state index in [1.807, 2.05) is 0 Å². The van der Waals surface area contributed by atoms with Crippen molar-refractivity contribution in [2.45, 2.75) is 18.6 Å². The smallest absolute Gasteiger partial charge is 0.306 e. The first-order valence-corrected chi connectivity index (χ1v) is 5.82. The van der Waals surface area contributed by atoms with E-state index in [1.165, 1.54) is 33.5 Å². The molecule has 0 saturated carbocycles. The SMILES string of the molecule is COc1cc(C(O)C(O)CC(=O)O)cc(OC)c1OC. The van der Waals surface area contributed by atoms with Crippen LogP contribution in [0.15, 0.2) is 12.1 Å². The number of aliphatic hydroxyl groups is 2. The third-order valence-electron chi connectivity index (χ3n) is 2.78. The number of benzene rings is 1. The van der Waals surface area contributed by atoms with E-state index < -0.39 is 24.6 Å². The number of rotatable bonds is 7. The van der Waals surface area contributed by atoms with E-state index in [2.05, 4.69) is 0 Å². The Morgan fingerprint density at radius 2 is 1.60 bits per heavy atom. The van der Waals surface area contributed by atoms with Crippen molar-refractivity contribution in [1.29, 1.82) is 0 Å². The number of aliphatic carboxylic acids is 1. The lowest BCUT2D eigenvalue weighted by Crippen LogP contribution is -2.21. The number of carbonyl (C=O) groups is 1. The summed E-state index contributed by atoms with van der Waals surface area (Å²) in [4.78, 5) is 10.6. The summed E-state index contributed by atoms with van der Waals surface area (Å²) < 4.78 is 15.4. The van der Waals surface area contributed by atoms with Gasteiger partial charge in [0, 0.05) is 0 Å². The second-order valence-electron chi connectivity index (χ2n) is 4.07. The van der Waals surface area contributed by atoms with E-state index in [4.69, 9.17) is 19.3 Å². The van der Waals surface area contributed by atoms with Gasteiger partial charge in [0.15, 0.2) is 11.5 Å². The predicted octanol–water partition coefficient (Wildman–Crippen LogP) is 0.581. The molecule has 2 atom stereocenters. The van der Waals surface area contributed by atoms with Crippen LogP contribution in [0.25, 0.3) is 0 Å². The van der Waals surface area contributed by atoms with E-state index in [1.54, 1.807) is 0 Å². The van der Waals surface area contributed by atoms with Gasteiger partial charge in [-0.15, -0.1) is 0 Å². The fourth-order valence-corrected chi connectivity index (χ4v) is 1.78. The standard InChI is InChI=1S/C13H18O7/c1-18-9-4-7(5-10(19-2)13(9)20-3)12(17)8(14)6-11(15)16/h4-5,8,12,14,17H,6H2,1-3H3,(H,15,16). The maximum atomic E-state index is 10.6. The van der Waals surface area contributed by atoms with Crippen LogP contribution in [-0.2, 0) is 4.79 Å². The molecule has 1 aromatic carbocycles. The van der Waals surface area contributed by atoms with Gasteiger partial charge < -0.3 is 29.5 Å². The number of carboxylic acids is 1. The number of carboxylic acid groups (broad SMARTS) is 1. The van der Waals surface area contributed by atoms with Crippen LogP contribution < -0.4 is 14.2 Å². The molecule has 0 radical (unpaired) electrons. The van der Waals surface area contributed by atoms with Crippen molar-refractivity contribution >= 4 is 5.97 Å². The van der Waals surface area contributed by atoms with Crippen LogP contribution >= 0.6 is 0 Å². The first-order valence-electron chi connectivity index (χ1n) is 5.82. The quantitative estimate of drug-likeness (QED) is 0.673. The zero-order valence-electron chi connectivity index (χ0n) is 11.5. The molecule has 2 unspecified atom stereocenters. The highest BCUT2D eigenvalue weighted by Crippen LogP contribution is 2.40. The fraction of sp³-hybridized carbons (Fsp3) is 0.462. The lowest BCUT2D eigenvalue weighted by molar-refractivity contribution is -0.141. The average Bonchev–Trinajstić information content (AvgIpc) is 2.43. The van der Waals surface area contributed by atoms with E-state index in [0.29, 0.717) is 17.2 Å². The van der Waals surface area contributed by atoms with Crippen molar-refractivity contribution in [3.63, 3.8) is 0 Å². The van der Waals surface area contributed by atoms with E-state index in [9.17, 15) is 15.0 Å². The number of methoxy groups -OCH3 is 3. The summed E-state index contributed by atoms with van der Waals surface area (Å²) in [7, 11) is 4.28. The van der Waals surface area contributed by atoms with Gasteiger partial charge in [0.05, 0.1) is 33.9 Å². The highest BCUT2D eigenvalue weighted by Gasteiger charge is 2.24. The Kier molecular flexibility index (Phi) is 5.60. The highest BCUT2D eigenvalue weighted by atomic mass is 16.5. The van der Waals surface area contributed by atoms with Gasteiger partial charge in [-0.25, -0.2) is 0 Å². The monoisotopic (exact) mass is 286 g/mol. The zero-order valence-corrected chi connectivity index (χ0v) is 11.5. The third-order valence-corrected chi connectivity index (χ3v) is 2.78. The van der Waals surface area contributed by atoms with Gasteiger partial charge >= 0.3 is 5.97 Å². The van der Waals surface area contributed by atoms with E-state index in [0.717, 1.165) is 0 Å². The molecular weight excluding hydrogens is 268 g/mol. The normalized spacial score (nSPS) is 13.4. The molecule has 0 aliphatic heterocycles. The average molecular weight is 286 g/mol. The summed E-state index contributed by atoms with van der Waals surface area (Å²) in [6.45, 7) is 0. The van der Waals surface area contributed by atoms with Gasteiger partial charge in [-0.2, -0.15) is 0 Å². The lowest BCUT2D eigenvalue weighted by atomic mass is 10.0. The molecule has 20 heavy (non-hydrogen) atoms. The Morgan fingerprint density at radius 3 is 1.95 bits per heavy atom. The molecule has 7 heteroatoms. The summed E-state index contributed by atoms with van der Waals surface area (Å²) >= 11 is 0. The van der Waals surface area contributed by atoms with E-state index in [-0.39, 0.29) is 5.56 Å². The molecule has 0 fully saturated rings. The molecule has 0 aliphatic rings. The molecule has 3 N–H and O–H groups in total. The minimum Gasteiger partial charge on any atom is -0.493 e. The molecule has 0 spiro atoms. The van der Waals surface area contributed by atoms with Crippen molar-refractivity contribution in [1.82, 2.24) is 0 Å². The number of hydrogen-bond donors (Lipinski definition) is 3. The molecule has 1 rings (SSSR count). The van der Waals surface area contributed by atoms with Crippen LogP contribution in [0.5, 0.6) is 17.2 Å². The third kappa shape index (κ3) is 3.52. The van der Waals surface area contributed by atoms with Gasteiger partial charge in [-0.3, -0.25) is 4.79 Å². The lowest BCUT2D eigenvalue weighted by Gasteiger charge is -2.19. The van der Waals surface area contributed by atoms with Gasteiger partial charge in [-0.05, 0) is 17.7 Å². The predicted molar refractivity (Wildman–Crippen MR) is 69.3 cm³/mol. The second kappa shape index (κ2) is 6.97. The first-order chi connectivity index (χ1) is 9.44. The van der Waals surface area contributed by atoms with Crippen molar-refractivity contribution in [3.05, 3.63) is 17.7 Å². The Morgan fingerprint density at radius 1 is 1.10 bits per heavy atom. The van der Waals surface area contributed by atoms with Crippen LogP contribution in [0.3, 0.4) is 0 Å². The summed E-state index contributed by atoms with van der Waals surface area (Å²) in [6, 6.07) is 2.91. The summed E-state index contributed by atoms with van der Waals surface area (Å²) in [5, 5.41) is 28.3. The minimum absolute atomic E-state index is 0.272. The largest absolute Gasteiger partial charge is 0.493 e. The molecule has 0 bridgehead atoms. The molecule has 0 heterocycles. The Bertz CT molecular complexity index is 447. The molecule has 7 nitrogen and oxygen atoms in total. The second-order valence-corrected chi connectivity index (χ2v) is 4.07. The van der Waals surface area contributed by atoms with Crippen molar-refractivity contribution < 1.29 is 34.3 Å². The van der Waals surface area contributed by atoms with Crippen molar-refractivity contribution in [3.8, 4) is 17.2 Å². The summed E-state index contributed by atoms with van der Waals surface area (Å²) in [6.07, 6.45) is -3.38. The van der Waals surface area contributed by atoms with Gasteiger partial charge in [0.1, 0.15) is 6.10 Å². The molecule has 0 aromatic heterocycles. The zero-order chi connectivity index (χ0) is 15.3. The Balaban J connectivity index is 3.15. The molecule has 0 aliphatic carbocycles. The van der Waals surface area contributed by atoms with Crippen LogP contribution in [0.4, 0.5) is 0 Å². The number of ether oxygens (including phenoxy) is 3. The Hall–Kier alpha value is -1.99. The molecule has 112 valence electrons. The molecule has 0 saturated heterocycles. The van der Waals surface area contributed by atoms with Gasteiger partial charge in [0.2, 0.25) is 5.75 Å². The molecule has 0 amide bonds. The highest BCUT2D eigenvalue weighted by molar-refractivity contribution is 5.67. The van der Waals surface area contributed by atoms with Crippen LogP contribution in [-0.4, -0.2) is 48.7 Å². The van der Waals surface area contributed by atoms with Crippen LogP contribution in [0.1, 0.15) is 18.1 Å². The summed E-state index contributed by atoms with van der Waals surface area (Å²) in [5.74, 6) is -0.241. The number of hydrogen-bond acceptors (Lipinski definition) is 6. The maximum Gasteiger partial charge on any atom is 0.306 e. The summed E-state index contributed by atoms with van der Waals surface area (Å²) in [5.41, 5.74) is 0.272. The van der Waals surface area contributed by atoms with Gasteiger partial charge in [0.25, 0.3) is 0 Å². The van der Waals surface area contributed by atoms with Crippen molar-refractivity contribution in [2.24, 2.45) is 0 Å². The first kappa shape index (κ1) is 16.1. The minimum atomic E-state index is -1.43. The fourth-order valence-electron chi connectivity index (χ4n) is 1.78. The van der Waals surface area contributed by atoms with Crippen molar-refractivity contribution in [2.75, 3.05) is 21.3 Å². The number of aliphatic hydroxyl groups excluding tert-OH is 2. The molecule has 1 aromatic rings.